The standard InChI is InChI=1S/C16H28N4/c1-3-20-15(10-14(2)18-20)11-19-9-5-7-16(13-19)6-4-8-17-12-16/h10,17H,3-9,11-13H2,1-2H3. The first-order valence-corrected chi connectivity index (χ1v) is 8.17. The molecule has 1 aromatic heterocycles. The predicted octanol–water partition coefficient (Wildman–Crippen LogP) is 2.18. The molecule has 3 heterocycles. The van der Waals surface area contributed by atoms with Gasteiger partial charge in [0.2, 0.25) is 0 Å². The van der Waals surface area contributed by atoms with E-state index in [1.54, 1.807) is 0 Å². The minimum Gasteiger partial charge on any atom is -0.316 e. The molecule has 1 aromatic rings. The van der Waals surface area contributed by atoms with E-state index in [0.717, 1.165) is 18.8 Å². The maximum absolute atomic E-state index is 4.58. The summed E-state index contributed by atoms with van der Waals surface area (Å²) in [6.07, 6.45) is 5.51. The number of aryl methyl sites for hydroxylation is 2. The second-order valence-corrected chi connectivity index (χ2v) is 6.69. The molecular formula is C16H28N4. The van der Waals surface area contributed by atoms with Gasteiger partial charge in [0.05, 0.1) is 11.4 Å². The Hall–Kier alpha value is -0.870. The van der Waals surface area contributed by atoms with Crippen LogP contribution in [0.5, 0.6) is 0 Å². The van der Waals surface area contributed by atoms with Crippen molar-refractivity contribution in [3.05, 3.63) is 17.5 Å². The third-order valence-corrected chi connectivity index (χ3v) is 4.97. The van der Waals surface area contributed by atoms with Gasteiger partial charge in [-0.05, 0) is 64.1 Å². The first kappa shape index (κ1) is 14.1. The minimum atomic E-state index is 0.544. The molecule has 112 valence electrons. The molecule has 2 aliphatic heterocycles. The summed E-state index contributed by atoms with van der Waals surface area (Å²) in [5.74, 6) is 0. The number of rotatable bonds is 3. The van der Waals surface area contributed by atoms with Crippen LogP contribution in [-0.2, 0) is 13.1 Å². The molecule has 1 atom stereocenters. The zero-order valence-electron chi connectivity index (χ0n) is 13.0. The SMILES string of the molecule is CCn1nc(C)cc1CN1CCCC2(CCCNC2)C1. The molecule has 4 nitrogen and oxygen atoms in total. The summed E-state index contributed by atoms with van der Waals surface area (Å²) in [7, 11) is 0. The van der Waals surface area contributed by atoms with Gasteiger partial charge < -0.3 is 5.32 Å². The molecule has 3 rings (SSSR count). The molecule has 1 spiro atoms. The lowest BCUT2D eigenvalue weighted by atomic mass is 9.74. The molecule has 1 N–H and O–H groups in total. The normalized spacial score (nSPS) is 28.1. The number of likely N-dealkylation sites (tertiary alicyclic amines) is 1. The Bertz CT molecular complexity index is 440. The second-order valence-electron chi connectivity index (χ2n) is 6.69. The van der Waals surface area contributed by atoms with E-state index < -0.39 is 0 Å². The van der Waals surface area contributed by atoms with E-state index in [1.807, 2.05) is 0 Å². The monoisotopic (exact) mass is 276 g/mol. The van der Waals surface area contributed by atoms with E-state index in [1.165, 1.54) is 57.6 Å². The summed E-state index contributed by atoms with van der Waals surface area (Å²) in [5.41, 5.74) is 3.07. The highest BCUT2D eigenvalue weighted by Gasteiger charge is 2.36. The van der Waals surface area contributed by atoms with Crippen molar-refractivity contribution in [3.8, 4) is 0 Å². The van der Waals surface area contributed by atoms with Gasteiger partial charge in [-0.25, -0.2) is 0 Å². The summed E-state index contributed by atoms with van der Waals surface area (Å²) in [5, 5.41) is 8.19. The molecule has 2 fully saturated rings. The Labute approximate surface area is 122 Å². The third kappa shape index (κ3) is 2.91. The van der Waals surface area contributed by atoms with Crippen LogP contribution in [0.2, 0.25) is 0 Å². The molecule has 0 aromatic carbocycles. The quantitative estimate of drug-likeness (QED) is 0.918. The van der Waals surface area contributed by atoms with Crippen LogP contribution in [0.15, 0.2) is 6.07 Å². The average Bonchev–Trinajstić information content (AvgIpc) is 2.80. The van der Waals surface area contributed by atoms with Gasteiger partial charge in [0.15, 0.2) is 0 Å². The van der Waals surface area contributed by atoms with Crippen molar-refractivity contribution in [2.24, 2.45) is 5.41 Å². The minimum absolute atomic E-state index is 0.544. The Balaban J connectivity index is 1.67. The van der Waals surface area contributed by atoms with Crippen LogP contribution in [-0.4, -0.2) is 40.9 Å². The van der Waals surface area contributed by atoms with E-state index in [4.69, 9.17) is 0 Å². The molecule has 0 saturated carbocycles. The van der Waals surface area contributed by atoms with E-state index in [2.05, 4.69) is 39.9 Å². The third-order valence-electron chi connectivity index (χ3n) is 4.97. The van der Waals surface area contributed by atoms with Gasteiger partial charge in [-0.3, -0.25) is 9.58 Å². The summed E-state index contributed by atoms with van der Waals surface area (Å²) in [6.45, 7) is 11.2. The first-order valence-electron chi connectivity index (χ1n) is 8.17. The molecule has 20 heavy (non-hydrogen) atoms. The van der Waals surface area contributed by atoms with Crippen molar-refractivity contribution in [2.75, 3.05) is 26.2 Å². The van der Waals surface area contributed by atoms with Gasteiger partial charge in [0, 0.05) is 26.2 Å². The number of nitrogens with one attached hydrogen (secondary N) is 1. The molecule has 0 aliphatic carbocycles. The molecule has 2 aliphatic rings. The first-order chi connectivity index (χ1) is 9.71. The number of piperidine rings is 2. The van der Waals surface area contributed by atoms with Crippen LogP contribution in [0.25, 0.3) is 0 Å². The zero-order valence-corrected chi connectivity index (χ0v) is 13.0. The van der Waals surface area contributed by atoms with Gasteiger partial charge in [0.25, 0.3) is 0 Å². The van der Waals surface area contributed by atoms with Crippen molar-refractivity contribution < 1.29 is 0 Å². The Kier molecular flexibility index (Phi) is 4.13. The summed E-state index contributed by atoms with van der Waals surface area (Å²) in [4.78, 5) is 2.65. The van der Waals surface area contributed by atoms with Crippen molar-refractivity contribution in [2.45, 2.75) is 52.6 Å². The summed E-state index contributed by atoms with van der Waals surface area (Å²) >= 11 is 0. The van der Waals surface area contributed by atoms with Crippen LogP contribution < -0.4 is 5.32 Å². The van der Waals surface area contributed by atoms with E-state index >= 15 is 0 Å². The van der Waals surface area contributed by atoms with Gasteiger partial charge in [-0.15, -0.1) is 0 Å². The van der Waals surface area contributed by atoms with Crippen LogP contribution in [0.4, 0.5) is 0 Å². The van der Waals surface area contributed by atoms with Crippen molar-refractivity contribution >= 4 is 0 Å². The lowest BCUT2D eigenvalue weighted by molar-refractivity contribution is 0.0585. The molecule has 2 saturated heterocycles. The maximum atomic E-state index is 4.58. The van der Waals surface area contributed by atoms with Crippen molar-refractivity contribution in [1.82, 2.24) is 20.0 Å². The number of nitrogens with zero attached hydrogens (tertiary/aromatic N) is 3. The van der Waals surface area contributed by atoms with Gasteiger partial charge in [-0.2, -0.15) is 5.10 Å². The Morgan fingerprint density at radius 2 is 2.20 bits per heavy atom. The lowest BCUT2D eigenvalue weighted by Crippen LogP contribution is -2.50. The van der Waals surface area contributed by atoms with Gasteiger partial charge >= 0.3 is 0 Å². The highest BCUT2D eigenvalue weighted by atomic mass is 15.3. The number of hydrogen-bond acceptors (Lipinski definition) is 3. The van der Waals surface area contributed by atoms with Crippen LogP contribution in [0.1, 0.15) is 44.0 Å². The van der Waals surface area contributed by atoms with Crippen molar-refractivity contribution in [3.63, 3.8) is 0 Å². The molecule has 0 radical (unpaired) electrons. The molecule has 0 amide bonds. The largest absolute Gasteiger partial charge is 0.316 e. The fourth-order valence-electron chi connectivity index (χ4n) is 4.05. The number of aromatic nitrogens is 2. The van der Waals surface area contributed by atoms with Crippen LogP contribution >= 0.6 is 0 Å². The number of hydrogen-bond donors (Lipinski definition) is 1. The van der Waals surface area contributed by atoms with Gasteiger partial charge in [0.1, 0.15) is 0 Å². The lowest BCUT2D eigenvalue weighted by Gasteiger charge is -2.45. The van der Waals surface area contributed by atoms with Crippen molar-refractivity contribution in [1.29, 1.82) is 0 Å². The van der Waals surface area contributed by atoms with E-state index in [0.29, 0.717) is 5.41 Å². The molecule has 4 heteroatoms. The predicted molar refractivity (Wildman–Crippen MR) is 81.7 cm³/mol. The summed E-state index contributed by atoms with van der Waals surface area (Å²) < 4.78 is 2.16. The molecule has 0 bridgehead atoms. The smallest absolute Gasteiger partial charge is 0.0597 e. The maximum Gasteiger partial charge on any atom is 0.0597 e. The Morgan fingerprint density at radius 1 is 1.35 bits per heavy atom. The van der Waals surface area contributed by atoms with E-state index in [-0.39, 0.29) is 0 Å². The fraction of sp³-hybridized carbons (Fsp3) is 0.812. The molecular weight excluding hydrogens is 248 g/mol. The Morgan fingerprint density at radius 3 is 2.95 bits per heavy atom. The van der Waals surface area contributed by atoms with Gasteiger partial charge in [-0.1, -0.05) is 0 Å². The topological polar surface area (TPSA) is 33.1 Å². The fourth-order valence-corrected chi connectivity index (χ4v) is 4.05. The highest BCUT2D eigenvalue weighted by molar-refractivity contribution is 5.09. The molecule has 1 unspecified atom stereocenters. The van der Waals surface area contributed by atoms with Crippen LogP contribution in [0.3, 0.4) is 0 Å². The zero-order chi connectivity index (χ0) is 14.0. The summed E-state index contributed by atoms with van der Waals surface area (Å²) in [6, 6.07) is 2.25. The van der Waals surface area contributed by atoms with Crippen LogP contribution in [0, 0.1) is 12.3 Å². The second kappa shape index (κ2) is 5.86. The highest BCUT2D eigenvalue weighted by Crippen LogP contribution is 2.36. The average molecular weight is 276 g/mol. The van der Waals surface area contributed by atoms with E-state index in [9.17, 15) is 0 Å².